The Balaban J connectivity index is 1.35. The quantitative estimate of drug-likeness (QED) is 0.689. The minimum Gasteiger partial charge on any atom is -0.490 e. The van der Waals surface area contributed by atoms with Crippen LogP contribution in [0.4, 0.5) is 0 Å². The predicted octanol–water partition coefficient (Wildman–Crippen LogP) is 2.89. The van der Waals surface area contributed by atoms with Crippen LogP contribution in [0.15, 0.2) is 6.07 Å². The number of hydrogen-bond donors (Lipinski definition) is 2. The fourth-order valence-electron chi connectivity index (χ4n) is 5.68. The highest BCUT2D eigenvalue weighted by molar-refractivity contribution is 7.19. The van der Waals surface area contributed by atoms with Crippen LogP contribution in [0.5, 0.6) is 5.75 Å². The largest absolute Gasteiger partial charge is 0.490 e. The second-order valence-electron chi connectivity index (χ2n) is 9.47. The number of aryl methyl sites for hydroxylation is 2. The van der Waals surface area contributed by atoms with Gasteiger partial charge in [-0.05, 0) is 63.4 Å². The topological polar surface area (TPSA) is 97.9 Å². The van der Waals surface area contributed by atoms with Crippen LogP contribution in [0, 0.1) is 6.92 Å². The number of hydrogen-bond acceptors (Lipinski definition) is 7. The lowest BCUT2D eigenvalue weighted by atomic mass is 9.91. The highest BCUT2D eigenvalue weighted by Gasteiger charge is 2.33. The minimum absolute atomic E-state index is 0.116. The number of carbonyl (C=O) groups excluding carboxylic acids is 1. The molecular formula is C24H33N3O4S. The van der Waals surface area contributed by atoms with Crippen LogP contribution in [0.25, 0.3) is 10.2 Å². The zero-order chi connectivity index (χ0) is 22.2. The van der Waals surface area contributed by atoms with Crippen LogP contribution in [0.1, 0.15) is 60.6 Å². The molecule has 5 rings (SSSR count). The monoisotopic (exact) mass is 459 g/mol. The summed E-state index contributed by atoms with van der Waals surface area (Å²) < 4.78 is 12.1. The summed E-state index contributed by atoms with van der Waals surface area (Å²) >= 11 is 1.73. The molecule has 0 spiro atoms. The van der Waals surface area contributed by atoms with E-state index in [0.29, 0.717) is 12.5 Å². The molecule has 2 aromatic heterocycles. The molecule has 3 heterocycles. The van der Waals surface area contributed by atoms with Crippen LogP contribution in [-0.4, -0.2) is 65.5 Å². The number of aromatic nitrogens is 1. The van der Waals surface area contributed by atoms with Gasteiger partial charge in [-0.25, -0.2) is 4.98 Å². The number of carbonyl (C=O) groups is 1. The molecule has 1 saturated heterocycles. The Morgan fingerprint density at radius 1 is 1.31 bits per heavy atom. The Kier molecular flexibility index (Phi) is 6.38. The van der Waals surface area contributed by atoms with Gasteiger partial charge in [-0.2, -0.15) is 0 Å². The van der Waals surface area contributed by atoms with E-state index >= 15 is 0 Å². The molecule has 2 fully saturated rings. The van der Waals surface area contributed by atoms with Crippen molar-refractivity contribution in [1.82, 2.24) is 9.88 Å². The Morgan fingerprint density at radius 3 is 2.78 bits per heavy atom. The third kappa shape index (κ3) is 4.38. The Bertz CT molecular complexity index is 979. The SMILES string of the molecule is Cc1cc(O[C@H]2CC[C@H](N3CCOCC3)CC2)c2c3c(sc2n1)CC[C@@H]3C[C@H](O)C(N)=O. The number of thiophene rings is 1. The van der Waals surface area contributed by atoms with Gasteiger partial charge >= 0.3 is 0 Å². The van der Waals surface area contributed by atoms with Crippen molar-refractivity contribution in [3.63, 3.8) is 0 Å². The summed E-state index contributed by atoms with van der Waals surface area (Å²) in [5.41, 5.74) is 7.51. The van der Waals surface area contributed by atoms with Crippen molar-refractivity contribution in [1.29, 1.82) is 0 Å². The molecule has 1 amide bonds. The van der Waals surface area contributed by atoms with Crippen molar-refractivity contribution < 1.29 is 19.4 Å². The van der Waals surface area contributed by atoms with E-state index in [1.54, 1.807) is 11.3 Å². The van der Waals surface area contributed by atoms with Crippen molar-refractivity contribution >= 4 is 27.5 Å². The van der Waals surface area contributed by atoms with E-state index in [0.717, 1.165) is 86.5 Å². The maximum atomic E-state index is 11.4. The lowest BCUT2D eigenvalue weighted by molar-refractivity contribution is -0.126. The first-order valence-corrected chi connectivity index (χ1v) is 12.7. The summed E-state index contributed by atoms with van der Waals surface area (Å²) in [6.45, 7) is 5.79. The van der Waals surface area contributed by atoms with Crippen LogP contribution >= 0.6 is 11.3 Å². The van der Waals surface area contributed by atoms with Gasteiger partial charge in [-0.15, -0.1) is 11.3 Å². The number of nitrogens with zero attached hydrogens (tertiary/aromatic N) is 2. The van der Waals surface area contributed by atoms with Gasteiger partial charge < -0.3 is 20.3 Å². The minimum atomic E-state index is -1.11. The molecule has 3 aliphatic rings. The van der Waals surface area contributed by atoms with Crippen molar-refractivity contribution in [2.45, 2.75) is 76.0 Å². The number of fused-ring (bicyclic) bond motifs is 3. The summed E-state index contributed by atoms with van der Waals surface area (Å²) in [6, 6.07) is 2.70. The van der Waals surface area contributed by atoms with Gasteiger partial charge in [0.15, 0.2) is 0 Å². The summed E-state index contributed by atoms with van der Waals surface area (Å²) in [4.78, 5) is 21.1. The number of amides is 1. The Hall–Kier alpha value is -1.74. The molecule has 32 heavy (non-hydrogen) atoms. The molecule has 2 aliphatic carbocycles. The number of primary amides is 1. The smallest absolute Gasteiger partial charge is 0.246 e. The fourth-order valence-corrected chi connectivity index (χ4v) is 7.01. The number of nitrogens with two attached hydrogens (primary N) is 1. The maximum absolute atomic E-state index is 11.4. The van der Waals surface area contributed by atoms with Gasteiger partial charge in [0.25, 0.3) is 0 Å². The van der Waals surface area contributed by atoms with Crippen molar-refractivity contribution in [3.8, 4) is 5.75 Å². The molecule has 1 aliphatic heterocycles. The molecule has 3 N–H and O–H groups in total. The maximum Gasteiger partial charge on any atom is 0.246 e. The van der Waals surface area contributed by atoms with E-state index in [2.05, 4.69) is 11.0 Å². The average Bonchev–Trinajstić information content (AvgIpc) is 3.34. The second-order valence-corrected chi connectivity index (χ2v) is 10.6. The second kappa shape index (κ2) is 9.25. The van der Waals surface area contributed by atoms with Crippen LogP contribution in [0.2, 0.25) is 0 Å². The number of aliphatic hydroxyl groups excluding tert-OH is 1. The molecule has 7 nitrogen and oxygen atoms in total. The highest BCUT2D eigenvalue weighted by Crippen LogP contribution is 2.48. The lowest BCUT2D eigenvalue weighted by Crippen LogP contribution is -2.46. The number of rotatable bonds is 6. The molecule has 174 valence electrons. The zero-order valence-electron chi connectivity index (χ0n) is 18.7. The van der Waals surface area contributed by atoms with Crippen molar-refractivity contribution in [2.75, 3.05) is 26.3 Å². The van der Waals surface area contributed by atoms with Gasteiger partial charge in [0.2, 0.25) is 5.91 Å². The molecule has 0 bridgehead atoms. The Labute approximate surface area is 192 Å². The van der Waals surface area contributed by atoms with E-state index in [1.165, 1.54) is 10.4 Å². The highest BCUT2D eigenvalue weighted by atomic mass is 32.1. The average molecular weight is 460 g/mol. The fraction of sp³-hybridized carbons (Fsp3) is 0.667. The van der Waals surface area contributed by atoms with Gasteiger partial charge in [-0.1, -0.05) is 0 Å². The van der Waals surface area contributed by atoms with E-state index in [-0.39, 0.29) is 12.0 Å². The molecule has 8 heteroatoms. The van der Waals surface area contributed by atoms with Crippen LogP contribution in [0.3, 0.4) is 0 Å². The molecule has 0 aromatic carbocycles. The van der Waals surface area contributed by atoms with E-state index < -0.39 is 12.0 Å². The van der Waals surface area contributed by atoms with Crippen molar-refractivity contribution in [3.05, 3.63) is 22.2 Å². The van der Waals surface area contributed by atoms with Gasteiger partial charge in [0, 0.05) is 35.8 Å². The van der Waals surface area contributed by atoms with Crippen molar-refractivity contribution in [2.24, 2.45) is 5.73 Å². The van der Waals surface area contributed by atoms with Crippen LogP contribution < -0.4 is 10.5 Å². The van der Waals surface area contributed by atoms with Crippen LogP contribution in [-0.2, 0) is 16.0 Å². The molecule has 2 atom stereocenters. The standard InChI is InChI=1S/C24H33N3O4S/c1-14-12-19(31-17-5-3-16(4-6-17)27-8-10-30-11-9-27)22-21-15(13-18(28)23(25)29)2-7-20(21)32-24(22)26-14/h12,15-18,28H,2-11,13H2,1H3,(H2,25,29)/t15-,16-,17-,18+/m1/s1. The number of morpholine rings is 1. The van der Waals surface area contributed by atoms with Gasteiger partial charge in [-0.3, -0.25) is 9.69 Å². The number of pyridine rings is 1. The lowest BCUT2D eigenvalue weighted by Gasteiger charge is -2.38. The van der Waals surface area contributed by atoms with E-state index in [4.69, 9.17) is 20.2 Å². The zero-order valence-corrected chi connectivity index (χ0v) is 19.5. The molecular weight excluding hydrogens is 426 g/mol. The normalized spacial score (nSPS) is 27.4. The summed E-state index contributed by atoms with van der Waals surface area (Å²) in [6.07, 6.45) is 5.78. The van der Waals surface area contributed by atoms with E-state index in [1.807, 2.05) is 6.92 Å². The number of ether oxygens (including phenoxy) is 2. The molecule has 0 radical (unpaired) electrons. The molecule has 0 unspecified atom stereocenters. The molecule has 1 saturated carbocycles. The first-order valence-electron chi connectivity index (χ1n) is 11.9. The first kappa shape index (κ1) is 22.1. The van der Waals surface area contributed by atoms with Gasteiger partial charge in [0.1, 0.15) is 16.7 Å². The summed E-state index contributed by atoms with van der Waals surface area (Å²) in [7, 11) is 0. The summed E-state index contributed by atoms with van der Waals surface area (Å²) in [5, 5.41) is 11.2. The first-order chi connectivity index (χ1) is 15.5. The van der Waals surface area contributed by atoms with Gasteiger partial charge in [0.05, 0.1) is 24.7 Å². The summed E-state index contributed by atoms with van der Waals surface area (Å²) in [5.74, 6) is 0.380. The third-order valence-corrected chi connectivity index (χ3v) is 8.49. The number of aliphatic hydroxyl groups is 1. The van der Waals surface area contributed by atoms with E-state index in [9.17, 15) is 9.90 Å². The third-order valence-electron chi connectivity index (χ3n) is 7.33. The predicted molar refractivity (Wildman–Crippen MR) is 124 cm³/mol. The molecule has 2 aromatic rings. The Morgan fingerprint density at radius 2 is 2.06 bits per heavy atom.